The standard InChI is InChI=1S/C6H14F2N2SSi/c1-9-6(11)10-4-3-5-12(2,7)8/h3-5H2,1-2H3,(H2,9,10,11). The van der Waals surface area contributed by atoms with Gasteiger partial charge in [0.1, 0.15) is 0 Å². The molecule has 0 amide bonds. The fourth-order valence-corrected chi connectivity index (χ4v) is 1.59. The quantitative estimate of drug-likeness (QED) is 0.319. The minimum absolute atomic E-state index is 0.0341. The normalized spacial score (nSPS) is 11.0. The van der Waals surface area contributed by atoms with Gasteiger partial charge in [-0.3, -0.25) is 8.22 Å². The van der Waals surface area contributed by atoms with Crippen molar-refractivity contribution in [1.29, 1.82) is 0 Å². The van der Waals surface area contributed by atoms with E-state index in [1.165, 1.54) is 0 Å². The highest BCUT2D eigenvalue weighted by atomic mass is 32.1. The van der Waals surface area contributed by atoms with Crippen LogP contribution in [0.5, 0.6) is 0 Å². The van der Waals surface area contributed by atoms with E-state index in [2.05, 4.69) is 10.6 Å². The molecule has 0 heterocycles. The van der Waals surface area contributed by atoms with Gasteiger partial charge in [-0.2, -0.15) is 0 Å². The molecule has 0 saturated heterocycles. The predicted octanol–water partition coefficient (Wildman–Crippen LogP) is 1.48. The molecule has 0 aromatic carbocycles. The third kappa shape index (κ3) is 7.87. The Kier molecular flexibility index (Phi) is 5.31. The Morgan fingerprint density at radius 1 is 1.50 bits per heavy atom. The highest BCUT2D eigenvalue weighted by Gasteiger charge is 2.26. The molecule has 0 aliphatic carbocycles. The second-order valence-corrected chi connectivity index (χ2v) is 5.73. The summed E-state index contributed by atoms with van der Waals surface area (Å²) >= 11 is 4.76. The molecule has 0 fully saturated rings. The Morgan fingerprint density at radius 3 is 2.50 bits per heavy atom. The van der Waals surface area contributed by atoms with Crippen LogP contribution in [0.3, 0.4) is 0 Å². The molecule has 12 heavy (non-hydrogen) atoms. The van der Waals surface area contributed by atoms with E-state index in [4.69, 9.17) is 12.2 Å². The molecule has 2 nitrogen and oxygen atoms in total. The largest absolute Gasteiger partial charge is 0.422 e. The highest BCUT2D eigenvalue weighted by molar-refractivity contribution is 7.80. The summed E-state index contributed by atoms with van der Waals surface area (Å²) in [6.45, 7) is 1.58. The Balaban J connectivity index is 3.28. The zero-order chi connectivity index (χ0) is 9.61. The molecule has 72 valence electrons. The first kappa shape index (κ1) is 11.8. The van der Waals surface area contributed by atoms with Gasteiger partial charge in [0.2, 0.25) is 0 Å². The Labute approximate surface area is 78.1 Å². The fourth-order valence-electron chi connectivity index (χ4n) is 0.689. The number of hydrogen-bond donors (Lipinski definition) is 2. The summed E-state index contributed by atoms with van der Waals surface area (Å²) < 4.78 is 24.8. The summed E-state index contributed by atoms with van der Waals surface area (Å²) in [7, 11) is -2.15. The van der Waals surface area contributed by atoms with Crippen LogP contribution in [0.2, 0.25) is 12.6 Å². The first-order chi connectivity index (χ1) is 5.45. The number of hydrogen-bond acceptors (Lipinski definition) is 1. The fraction of sp³-hybridized carbons (Fsp3) is 0.833. The molecule has 0 radical (unpaired) electrons. The lowest BCUT2D eigenvalue weighted by atomic mass is 10.5. The first-order valence-electron chi connectivity index (χ1n) is 3.79. The summed E-state index contributed by atoms with van der Waals surface area (Å²) in [4.78, 5) is 0. The number of rotatable bonds is 4. The van der Waals surface area contributed by atoms with Crippen molar-refractivity contribution in [1.82, 2.24) is 10.6 Å². The molecular weight excluding hydrogens is 198 g/mol. The first-order valence-corrected chi connectivity index (χ1v) is 6.66. The van der Waals surface area contributed by atoms with Crippen LogP contribution in [-0.4, -0.2) is 27.4 Å². The van der Waals surface area contributed by atoms with E-state index in [0.29, 0.717) is 18.1 Å². The third-order valence-electron chi connectivity index (χ3n) is 1.31. The molecule has 0 saturated carbocycles. The van der Waals surface area contributed by atoms with Crippen LogP contribution in [-0.2, 0) is 0 Å². The molecule has 0 rings (SSSR count). The van der Waals surface area contributed by atoms with Crippen LogP contribution in [0.4, 0.5) is 8.22 Å². The van der Waals surface area contributed by atoms with Crippen LogP contribution < -0.4 is 10.6 Å². The van der Waals surface area contributed by atoms with Gasteiger partial charge in [-0.15, -0.1) is 0 Å². The molecule has 0 aliphatic rings. The molecule has 0 aliphatic heterocycles. The average Bonchev–Trinajstić information content (AvgIpc) is 1.96. The van der Waals surface area contributed by atoms with E-state index in [9.17, 15) is 8.22 Å². The molecular formula is C6H14F2N2SSi. The van der Waals surface area contributed by atoms with E-state index in [1.54, 1.807) is 7.05 Å². The van der Waals surface area contributed by atoms with Crippen molar-refractivity contribution in [2.24, 2.45) is 0 Å². The van der Waals surface area contributed by atoms with Crippen molar-refractivity contribution in [3.63, 3.8) is 0 Å². The summed E-state index contributed by atoms with van der Waals surface area (Å²) in [6.07, 6.45) is 0.484. The molecule has 0 spiro atoms. The maximum Gasteiger partial charge on any atom is 0.422 e. The molecule has 0 atom stereocenters. The van der Waals surface area contributed by atoms with E-state index in [-0.39, 0.29) is 6.04 Å². The minimum Gasteiger partial charge on any atom is -0.366 e. The lowest BCUT2D eigenvalue weighted by Crippen LogP contribution is -2.33. The van der Waals surface area contributed by atoms with Gasteiger partial charge in [0, 0.05) is 19.6 Å². The van der Waals surface area contributed by atoms with E-state index in [0.717, 1.165) is 6.55 Å². The Morgan fingerprint density at radius 2 is 2.08 bits per heavy atom. The molecule has 0 unspecified atom stereocenters. The van der Waals surface area contributed by atoms with Crippen LogP contribution >= 0.6 is 12.2 Å². The maximum atomic E-state index is 12.4. The summed E-state index contributed by atoms with van der Waals surface area (Å²) in [5, 5.41) is 6.03. The van der Waals surface area contributed by atoms with Gasteiger partial charge in [-0.1, -0.05) is 0 Å². The molecule has 0 bridgehead atoms. The van der Waals surface area contributed by atoms with Crippen LogP contribution in [0.25, 0.3) is 0 Å². The highest BCUT2D eigenvalue weighted by Crippen LogP contribution is 2.13. The number of thiocarbonyl (C=S) groups is 1. The molecule has 2 N–H and O–H groups in total. The smallest absolute Gasteiger partial charge is 0.366 e. The van der Waals surface area contributed by atoms with Crippen molar-refractivity contribution in [2.75, 3.05) is 13.6 Å². The monoisotopic (exact) mass is 212 g/mol. The predicted molar refractivity (Wildman–Crippen MR) is 52.9 cm³/mol. The van der Waals surface area contributed by atoms with E-state index in [1.807, 2.05) is 0 Å². The van der Waals surface area contributed by atoms with Gasteiger partial charge in [0.05, 0.1) is 0 Å². The summed E-state index contributed by atoms with van der Waals surface area (Å²) in [5.74, 6) is 0. The van der Waals surface area contributed by atoms with Gasteiger partial charge in [0.25, 0.3) is 0 Å². The Bertz CT molecular complexity index is 149. The zero-order valence-corrected chi connectivity index (χ0v) is 9.10. The summed E-state index contributed by atoms with van der Waals surface area (Å²) in [6, 6.07) is 0.0341. The van der Waals surface area contributed by atoms with Crippen LogP contribution in [0, 0.1) is 0 Å². The van der Waals surface area contributed by atoms with E-state index >= 15 is 0 Å². The molecule has 0 aromatic heterocycles. The maximum absolute atomic E-state index is 12.4. The second-order valence-electron chi connectivity index (χ2n) is 2.68. The lowest BCUT2D eigenvalue weighted by Gasteiger charge is -2.08. The number of nitrogens with one attached hydrogen (secondary N) is 2. The van der Waals surface area contributed by atoms with Gasteiger partial charge >= 0.3 is 8.74 Å². The van der Waals surface area contributed by atoms with Gasteiger partial charge in [-0.05, 0) is 25.2 Å². The van der Waals surface area contributed by atoms with Crippen LogP contribution in [0.15, 0.2) is 0 Å². The van der Waals surface area contributed by atoms with Crippen molar-refractivity contribution < 1.29 is 8.22 Å². The van der Waals surface area contributed by atoms with Gasteiger partial charge < -0.3 is 10.6 Å². The van der Waals surface area contributed by atoms with Gasteiger partial charge in [0.15, 0.2) is 5.11 Å². The van der Waals surface area contributed by atoms with Crippen molar-refractivity contribution in [3.05, 3.63) is 0 Å². The summed E-state index contributed by atoms with van der Waals surface area (Å²) in [5.41, 5.74) is 0. The topological polar surface area (TPSA) is 24.1 Å². The second kappa shape index (κ2) is 5.42. The van der Waals surface area contributed by atoms with Crippen molar-refractivity contribution in [3.8, 4) is 0 Å². The number of halogens is 2. The lowest BCUT2D eigenvalue weighted by molar-refractivity contribution is 0.595. The van der Waals surface area contributed by atoms with Crippen molar-refractivity contribution in [2.45, 2.75) is 19.0 Å². The molecule has 0 aromatic rings. The molecule has 6 heteroatoms. The van der Waals surface area contributed by atoms with Crippen molar-refractivity contribution >= 4 is 26.1 Å². The Hall–Kier alpha value is -0.233. The van der Waals surface area contributed by atoms with Gasteiger partial charge in [-0.25, -0.2) is 0 Å². The van der Waals surface area contributed by atoms with Crippen LogP contribution in [0.1, 0.15) is 6.42 Å². The average molecular weight is 212 g/mol. The minimum atomic E-state index is -3.84. The van der Waals surface area contributed by atoms with E-state index < -0.39 is 8.74 Å². The zero-order valence-electron chi connectivity index (χ0n) is 7.29. The third-order valence-corrected chi connectivity index (χ3v) is 2.89. The SMILES string of the molecule is CNC(=S)NCCC[Si](C)(F)F.